The van der Waals surface area contributed by atoms with E-state index in [4.69, 9.17) is 23.7 Å². The molecule has 4 rings (SSSR count). The van der Waals surface area contributed by atoms with Gasteiger partial charge in [-0.15, -0.1) is 0 Å². The first-order valence-corrected chi connectivity index (χ1v) is 19.0. The van der Waals surface area contributed by atoms with E-state index in [1.165, 1.54) is 26.4 Å². The molecule has 58 heavy (non-hydrogen) atoms. The highest BCUT2D eigenvalue weighted by Gasteiger charge is 2.25. The van der Waals surface area contributed by atoms with Gasteiger partial charge in [-0.05, 0) is 148 Å². The molecule has 10 heteroatoms. The summed E-state index contributed by atoms with van der Waals surface area (Å²) in [6, 6.07) is 17.6. The lowest BCUT2D eigenvalue weighted by molar-refractivity contribution is 0.00667. The number of ether oxygens (including phenoxy) is 5. The first kappa shape index (κ1) is 46.2. The van der Waals surface area contributed by atoms with Crippen molar-refractivity contribution in [3.8, 4) is 23.0 Å². The number of para-hydroxylation sites is 2. The summed E-state index contributed by atoms with van der Waals surface area (Å²) in [5, 5.41) is 9.48. The van der Waals surface area contributed by atoms with Crippen molar-refractivity contribution in [1.82, 2.24) is 0 Å². The van der Waals surface area contributed by atoms with E-state index < -0.39 is 17.5 Å². The maximum Gasteiger partial charge on any atom is 0.339 e. The molecular weight excluding hydrogens is 737 g/mol. The van der Waals surface area contributed by atoms with E-state index >= 15 is 0 Å². The SMILES string of the molecule is COc1ccccc1C(=O)C=Cc1cc(C)c(C(=O)O)c(C)c1OC(C)C.COc1ccccc1C(=O)C=Cc1cc(C)c(C(=O)OC(C)(C)C)c(C)c1OC(C)C. The van der Waals surface area contributed by atoms with Gasteiger partial charge in [-0.3, -0.25) is 9.59 Å². The summed E-state index contributed by atoms with van der Waals surface area (Å²) in [7, 11) is 3.05. The lowest BCUT2D eigenvalue weighted by Crippen LogP contribution is -2.25. The van der Waals surface area contributed by atoms with Crippen molar-refractivity contribution >= 4 is 35.7 Å². The Morgan fingerprint density at radius 1 is 0.621 bits per heavy atom. The van der Waals surface area contributed by atoms with Crippen LogP contribution < -0.4 is 18.9 Å². The van der Waals surface area contributed by atoms with Gasteiger partial charge in [0.25, 0.3) is 0 Å². The summed E-state index contributed by atoms with van der Waals surface area (Å²) in [6.07, 6.45) is 6.06. The Balaban J connectivity index is 0.000000313. The highest BCUT2D eigenvalue weighted by atomic mass is 16.6. The van der Waals surface area contributed by atoms with Crippen molar-refractivity contribution in [2.24, 2.45) is 0 Å². The van der Waals surface area contributed by atoms with Crippen LogP contribution in [0, 0.1) is 27.7 Å². The summed E-state index contributed by atoms with van der Waals surface area (Å²) in [5.74, 6) is 0.265. The van der Waals surface area contributed by atoms with Gasteiger partial charge >= 0.3 is 11.9 Å². The molecule has 0 atom stereocenters. The molecule has 0 aliphatic rings. The fourth-order valence-corrected chi connectivity index (χ4v) is 6.20. The Labute approximate surface area is 342 Å². The number of rotatable bonds is 14. The van der Waals surface area contributed by atoms with Crippen molar-refractivity contribution in [3.05, 3.63) is 128 Å². The summed E-state index contributed by atoms with van der Waals surface area (Å²) >= 11 is 0. The zero-order valence-electron chi connectivity index (χ0n) is 35.9. The van der Waals surface area contributed by atoms with Gasteiger partial charge in [0.05, 0.1) is 48.7 Å². The van der Waals surface area contributed by atoms with Crippen LogP contribution in [0.3, 0.4) is 0 Å². The summed E-state index contributed by atoms with van der Waals surface area (Å²) < 4.78 is 28.0. The normalized spacial score (nSPS) is 11.4. The summed E-state index contributed by atoms with van der Waals surface area (Å²) in [5.41, 5.74) is 5.02. The molecule has 4 aromatic rings. The van der Waals surface area contributed by atoms with Crippen LogP contribution in [0.5, 0.6) is 23.0 Å². The van der Waals surface area contributed by atoms with Crippen molar-refractivity contribution in [2.45, 2.75) is 94.0 Å². The van der Waals surface area contributed by atoms with Crippen molar-refractivity contribution in [2.75, 3.05) is 14.2 Å². The number of carbonyl (C=O) groups excluding carboxylic acids is 3. The smallest absolute Gasteiger partial charge is 0.339 e. The molecule has 4 aromatic carbocycles. The molecule has 1 N–H and O–H groups in total. The first-order valence-electron chi connectivity index (χ1n) is 19.0. The second-order valence-electron chi connectivity index (χ2n) is 15.2. The number of methoxy groups -OCH3 is 2. The fourth-order valence-electron chi connectivity index (χ4n) is 6.20. The van der Waals surface area contributed by atoms with E-state index in [-0.39, 0.29) is 29.3 Å². The lowest BCUT2D eigenvalue weighted by Gasteiger charge is -2.23. The maximum atomic E-state index is 12.8. The molecule has 10 nitrogen and oxygen atoms in total. The molecule has 0 spiro atoms. The van der Waals surface area contributed by atoms with Gasteiger partial charge in [0.15, 0.2) is 11.6 Å². The molecule has 0 saturated carbocycles. The number of hydrogen-bond acceptors (Lipinski definition) is 9. The third-order valence-electron chi connectivity index (χ3n) is 8.59. The van der Waals surface area contributed by atoms with E-state index in [0.29, 0.717) is 61.9 Å². The van der Waals surface area contributed by atoms with Crippen LogP contribution in [0.25, 0.3) is 12.2 Å². The molecule has 0 heterocycles. The molecule has 0 aliphatic carbocycles. The third kappa shape index (κ3) is 12.2. The summed E-state index contributed by atoms with van der Waals surface area (Å²) in [4.78, 5) is 49.7. The molecule has 0 aliphatic heterocycles. The number of carbonyl (C=O) groups is 4. The average Bonchev–Trinajstić information content (AvgIpc) is 3.14. The maximum absolute atomic E-state index is 12.8. The minimum atomic E-state index is -1.00. The van der Waals surface area contributed by atoms with Crippen molar-refractivity contribution in [1.29, 1.82) is 0 Å². The number of carboxylic acids is 1. The number of hydrogen-bond donors (Lipinski definition) is 1. The highest BCUT2D eigenvalue weighted by Crippen LogP contribution is 2.34. The minimum absolute atomic E-state index is 0.107. The molecule has 0 bridgehead atoms. The van der Waals surface area contributed by atoms with Gasteiger partial charge < -0.3 is 28.8 Å². The van der Waals surface area contributed by atoms with Crippen LogP contribution in [0.1, 0.15) is 123 Å². The molecule has 0 aromatic heterocycles. The van der Waals surface area contributed by atoms with E-state index in [9.17, 15) is 24.3 Å². The average molecular weight is 793 g/mol. The number of aryl methyl sites for hydroxylation is 2. The van der Waals surface area contributed by atoms with Gasteiger partial charge in [0, 0.05) is 22.3 Å². The van der Waals surface area contributed by atoms with Crippen LogP contribution in [0.2, 0.25) is 0 Å². The minimum Gasteiger partial charge on any atom is -0.496 e. The molecule has 0 fully saturated rings. The quantitative estimate of drug-likeness (QED) is 0.0747. The van der Waals surface area contributed by atoms with Crippen LogP contribution in [-0.4, -0.2) is 60.6 Å². The van der Waals surface area contributed by atoms with Gasteiger partial charge in [-0.2, -0.15) is 0 Å². The second-order valence-corrected chi connectivity index (χ2v) is 15.2. The third-order valence-corrected chi connectivity index (χ3v) is 8.59. The molecule has 0 saturated heterocycles. The van der Waals surface area contributed by atoms with Crippen LogP contribution in [0.15, 0.2) is 72.8 Å². The Hall–Kier alpha value is -6.16. The van der Waals surface area contributed by atoms with E-state index in [1.54, 1.807) is 74.5 Å². The predicted octanol–water partition coefficient (Wildman–Crippen LogP) is 10.6. The molecule has 308 valence electrons. The standard InChI is InChI=1S/C26H32O5.C22H24O5/c1-16(2)30-24-18(4)23(25(28)31-26(5,6)7)17(3)15-19(24)13-14-21(27)20-11-9-10-12-22(20)29-8;1-13(2)27-21-15(4)20(22(24)25)14(3)12-16(21)10-11-18(23)17-8-6-7-9-19(17)26-5/h9-16H,1-8H3;6-13H,1-5H3,(H,24,25). The first-order chi connectivity index (χ1) is 27.2. The Bertz CT molecular complexity index is 2200. The summed E-state index contributed by atoms with van der Waals surface area (Å²) in [6.45, 7) is 20.2. The topological polar surface area (TPSA) is 135 Å². The van der Waals surface area contributed by atoms with E-state index in [1.807, 2.05) is 74.4 Å². The van der Waals surface area contributed by atoms with Crippen molar-refractivity contribution in [3.63, 3.8) is 0 Å². The fraction of sp³-hybridized carbons (Fsp3) is 0.333. The van der Waals surface area contributed by atoms with Gasteiger partial charge in [-0.25, -0.2) is 9.59 Å². The van der Waals surface area contributed by atoms with E-state index in [0.717, 1.165) is 11.1 Å². The number of esters is 1. The molecular formula is C48H56O10. The number of ketones is 2. The van der Waals surface area contributed by atoms with Crippen LogP contribution in [-0.2, 0) is 4.74 Å². The highest BCUT2D eigenvalue weighted by molar-refractivity contribution is 6.09. The zero-order valence-corrected chi connectivity index (χ0v) is 35.9. The van der Waals surface area contributed by atoms with Crippen LogP contribution >= 0.6 is 0 Å². The number of allylic oxidation sites excluding steroid dienone is 2. The molecule has 0 amide bonds. The molecule has 0 unspecified atom stereocenters. The zero-order chi connectivity index (χ0) is 43.5. The lowest BCUT2D eigenvalue weighted by atomic mass is 9.96. The van der Waals surface area contributed by atoms with Gasteiger partial charge in [0.1, 0.15) is 28.6 Å². The van der Waals surface area contributed by atoms with Gasteiger partial charge in [-0.1, -0.05) is 24.3 Å². The predicted molar refractivity (Wildman–Crippen MR) is 228 cm³/mol. The van der Waals surface area contributed by atoms with Gasteiger partial charge in [0.2, 0.25) is 0 Å². The molecule has 0 radical (unpaired) electrons. The second kappa shape index (κ2) is 20.3. The Kier molecular flexibility index (Phi) is 16.2. The Morgan fingerprint density at radius 2 is 1.00 bits per heavy atom. The largest absolute Gasteiger partial charge is 0.496 e. The van der Waals surface area contributed by atoms with Crippen LogP contribution in [0.4, 0.5) is 0 Å². The number of carboxylic acid groups (broad SMARTS) is 1. The number of benzene rings is 4. The van der Waals surface area contributed by atoms with Crippen molar-refractivity contribution < 1.29 is 48.0 Å². The number of aromatic carboxylic acids is 1. The van der Waals surface area contributed by atoms with E-state index in [2.05, 4.69) is 0 Å². The Morgan fingerprint density at radius 3 is 1.36 bits per heavy atom. The monoisotopic (exact) mass is 792 g/mol.